The van der Waals surface area contributed by atoms with Crippen LogP contribution < -0.4 is 5.32 Å². The van der Waals surface area contributed by atoms with E-state index in [1.165, 1.54) is 25.4 Å². The van der Waals surface area contributed by atoms with Gasteiger partial charge in [-0.15, -0.1) is 5.10 Å². The Morgan fingerprint density at radius 3 is 2.52 bits per heavy atom. The van der Waals surface area contributed by atoms with Crippen LogP contribution in [-0.2, 0) is 4.74 Å². The molecule has 3 aromatic rings. The zero-order valence-corrected chi connectivity index (χ0v) is 13.8. The highest BCUT2D eigenvalue weighted by molar-refractivity contribution is 6.03. The van der Waals surface area contributed by atoms with Gasteiger partial charge >= 0.3 is 5.97 Å². The molecule has 0 radical (unpaired) electrons. The molecule has 7 heteroatoms. The highest BCUT2D eigenvalue weighted by Gasteiger charge is 2.14. The molecule has 0 aliphatic heterocycles. The first-order valence-electron chi connectivity index (χ1n) is 7.56. The van der Waals surface area contributed by atoms with Crippen LogP contribution in [0.4, 0.5) is 5.82 Å². The van der Waals surface area contributed by atoms with E-state index in [9.17, 15) is 9.59 Å². The molecule has 0 unspecified atom stereocenters. The van der Waals surface area contributed by atoms with Gasteiger partial charge in [0.25, 0.3) is 5.91 Å². The summed E-state index contributed by atoms with van der Waals surface area (Å²) in [5.74, 6) is -0.456. The third-order valence-corrected chi connectivity index (χ3v) is 3.57. The zero-order valence-electron chi connectivity index (χ0n) is 13.8. The normalized spacial score (nSPS) is 10.3. The summed E-state index contributed by atoms with van der Waals surface area (Å²) in [5, 5.41) is 7.12. The van der Waals surface area contributed by atoms with Crippen molar-refractivity contribution >= 4 is 17.7 Å². The summed E-state index contributed by atoms with van der Waals surface area (Å²) >= 11 is 0. The van der Waals surface area contributed by atoms with Gasteiger partial charge < -0.3 is 10.1 Å². The second kappa shape index (κ2) is 6.96. The van der Waals surface area contributed by atoms with Gasteiger partial charge in [-0.2, -0.15) is 0 Å². The first kappa shape index (κ1) is 16.4. The summed E-state index contributed by atoms with van der Waals surface area (Å²) in [7, 11) is 1.29. The van der Waals surface area contributed by atoms with Gasteiger partial charge in [-0.1, -0.05) is 18.2 Å². The van der Waals surface area contributed by atoms with Crippen molar-refractivity contribution in [3.05, 3.63) is 71.7 Å². The predicted octanol–water partition coefficient (Wildman–Crippen LogP) is 2.61. The number of hydrogen-bond acceptors (Lipinski definition) is 5. The number of ether oxygens (including phenoxy) is 1. The number of pyridine rings is 1. The van der Waals surface area contributed by atoms with E-state index in [0.717, 1.165) is 11.3 Å². The second-order valence-electron chi connectivity index (χ2n) is 5.32. The van der Waals surface area contributed by atoms with Crippen LogP contribution in [0.25, 0.3) is 5.69 Å². The molecule has 1 N–H and O–H groups in total. The number of aromatic nitrogens is 3. The van der Waals surface area contributed by atoms with Crippen molar-refractivity contribution in [3.8, 4) is 5.69 Å². The van der Waals surface area contributed by atoms with Gasteiger partial charge in [-0.05, 0) is 31.2 Å². The fourth-order valence-electron chi connectivity index (χ4n) is 2.23. The maximum atomic E-state index is 12.3. The third kappa shape index (κ3) is 3.55. The number of aryl methyl sites for hydroxylation is 1. The number of carbonyl (C=O) groups excluding carboxylic acids is 2. The van der Waals surface area contributed by atoms with Crippen LogP contribution in [-0.4, -0.2) is 33.8 Å². The molecule has 1 amide bonds. The van der Waals surface area contributed by atoms with Gasteiger partial charge in [0, 0.05) is 18.0 Å². The van der Waals surface area contributed by atoms with E-state index in [1.807, 2.05) is 43.5 Å². The van der Waals surface area contributed by atoms with Gasteiger partial charge in [0.2, 0.25) is 0 Å². The Bertz CT molecular complexity index is 902. The minimum absolute atomic E-state index is 0.182. The molecule has 25 heavy (non-hydrogen) atoms. The summed E-state index contributed by atoms with van der Waals surface area (Å²) in [5.41, 5.74) is 2.18. The Morgan fingerprint density at radius 2 is 1.88 bits per heavy atom. The number of rotatable bonds is 4. The zero-order chi connectivity index (χ0) is 17.8. The van der Waals surface area contributed by atoms with Gasteiger partial charge in [0.1, 0.15) is 5.69 Å². The lowest BCUT2D eigenvalue weighted by atomic mass is 10.2. The van der Waals surface area contributed by atoms with E-state index < -0.39 is 11.9 Å². The van der Waals surface area contributed by atoms with Crippen molar-refractivity contribution < 1.29 is 14.3 Å². The van der Waals surface area contributed by atoms with E-state index >= 15 is 0 Å². The van der Waals surface area contributed by atoms with Crippen molar-refractivity contribution in [2.45, 2.75) is 6.92 Å². The van der Waals surface area contributed by atoms with Crippen LogP contribution in [0, 0.1) is 6.92 Å². The summed E-state index contributed by atoms with van der Waals surface area (Å²) in [6.07, 6.45) is 3.13. The van der Waals surface area contributed by atoms with Gasteiger partial charge in [0.05, 0.1) is 18.4 Å². The highest BCUT2D eigenvalue weighted by atomic mass is 16.5. The van der Waals surface area contributed by atoms with E-state index in [0.29, 0.717) is 5.82 Å². The first-order chi connectivity index (χ1) is 12.1. The smallest absolute Gasteiger partial charge is 0.339 e. The second-order valence-corrected chi connectivity index (χ2v) is 5.32. The fraction of sp³-hybridized carbons (Fsp3) is 0.111. The summed E-state index contributed by atoms with van der Waals surface area (Å²) in [6.45, 7) is 1.86. The predicted molar refractivity (Wildman–Crippen MR) is 91.8 cm³/mol. The lowest BCUT2D eigenvalue weighted by molar-refractivity contribution is 0.0600. The summed E-state index contributed by atoms with van der Waals surface area (Å²) < 4.78 is 6.29. The van der Waals surface area contributed by atoms with Crippen molar-refractivity contribution in [1.82, 2.24) is 14.8 Å². The van der Waals surface area contributed by atoms with Crippen molar-refractivity contribution in [3.63, 3.8) is 0 Å². The number of anilines is 1. The molecule has 0 aliphatic rings. The lowest BCUT2D eigenvalue weighted by Gasteiger charge is -2.04. The maximum absolute atomic E-state index is 12.3. The number of para-hydroxylation sites is 1. The van der Waals surface area contributed by atoms with Crippen LogP contribution >= 0.6 is 0 Å². The average molecular weight is 336 g/mol. The maximum Gasteiger partial charge on any atom is 0.339 e. The van der Waals surface area contributed by atoms with Gasteiger partial charge in [0.15, 0.2) is 5.82 Å². The summed E-state index contributed by atoms with van der Waals surface area (Å²) in [4.78, 5) is 27.7. The van der Waals surface area contributed by atoms with Crippen LogP contribution in [0.15, 0.2) is 54.9 Å². The number of hydrogen-bond donors (Lipinski definition) is 1. The molecule has 2 aromatic heterocycles. The topological polar surface area (TPSA) is 86.1 Å². The van der Waals surface area contributed by atoms with Crippen molar-refractivity contribution in [2.24, 2.45) is 0 Å². The number of benzene rings is 1. The Kier molecular flexibility index (Phi) is 4.56. The molecule has 0 atom stereocenters. The molecule has 3 rings (SSSR count). The summed E-state index contributed by atoms with van der Waals surface area (Å²) in [6, 6.07) is 12.5. The Hall–Kier alpha value is -3.48. The van der Waals surface area contributed by atoms with Crippen LogP contribution in [0.1, 0.15) is 26.4 Å². The Balaban J connectivity index is 1.77. The van der Waals surface area contributed by atoms with Crippen molar-refractivity contribution in [1.29, 1.82) is 0 Å². The Labute approximate surface area is 144 Å². The molecule has 0 saturated carbocycles. The number of methoxy groups -OCH3 is 1. The SMILES string of the molecule is COC(=O)c1ccc(C(=O)Nc2nn(-c3ccccc3)cc2C)nc1. The van der Waals surface area contributed by atoms with Crippen LogP contribution in [0.3, 0.4) is 0 Å². The molecular weight excluding hydrogens is 320 g/mol. The molecule has 0 saturated heterocycles. The Morgan fingerprint density at radius 1 is 1.12 bits per heavy atom. The molecule has 0 spiro atoms. The standard InChI is InChI=1S/C18H16N4O3/c1-12-11-22(14-6-4-3-5-7-14)21-16(12)20-17(23)15-9-8-13(10-19-15)18(24)25-2/h3-11H,1-2H3,(H,20,21,23). The van der Waals surface area contributed by atoms with E-state index in [4.69, 9.17) is 0 Å². The molecule has 0 bridgehead atoms. The number of esters is 1. The van der Waals surface area contributed by atoms with Crippen LogP contribution in [0.2, 0.25) is 0 Å². The van der Waals surface area contributed by atoms with E-state index in [2.05, 4.69) is 20.1 Å². The third-order valence-electron chi connectivity index (χ3n) is 3.57. The van der Waals surface area contributed by atoms with Gasteiger partial charge in [-0.25, -0.2) is 9.48 Å². The number of amides is 1. The first-order valence-corrected chi connectivity index (χ1v) is 7.56. The largest absolute Gasteiger partial charge is 0.465 e. The fourth-order valence-corrected chi connectivity index (χ4v) is 2.23. The quantitative estimate of drug-likeness (QED) is 0.740. The molecule has 7 nitrogen and oxygen atoms in total. The molecule has 2 heterocycles. The van der Waals surface area contributed by atoms with E-state index in [-0.39, 0.29) is 11.3 Å². The molecule has 126 valence electrons. The molecule has 0 aliphatic carbocycles. The number of nitrogens with zero attached hydrogens (tertiary/aromatic N) is 3. The van der Waals surface area contributed by atoms with Gasteiger partial charge in [-0.3, -0.25) is 9.78 Å². The molecule has 0 fully saturated rings. The van der Waals surface area contributed by atoms with Crippen molar-refractivity contribution in [2.75, 3.05) is 12.4 Å². The minimum atomic E-state index is -0.503. The monoisotopic (exact) mass is 336 g/mol. The van der Waals surface area contributed by atoms with E-state index in [1.54, 1.807) is 4.68 Å². The lowest BCUT2D eigenvalue weighted by Crippen LogP contribution is -2.15. The number of carbonyl (C=O) groups is 2. The minimum Gasteiger partial charge on any atom is -0.465 e. The molecular formula is C18H16N4O3. The average Bonchev–Trinajstić information content (AvgIpc) is 3.02. The highest BCUT2D eigenvalue weighted by Crippen LogP contribution is 2.16. The molecule has 1 aromatic carbocycles. The number of nitrogens with one attached hydrogen (secondary N) is 1. The van der Waals surface area contributed by atoms with Crippen LogP contribution in [0.5, 0.6) is 0 Å².